The van der Waals surface area contributed by atoms with E-state index in [-0.39, 0.29) is 51.2 Å². The van der Waals surface area contributed by atoms with Gasteiger partial charge in [0.25, 0.3) is 5.56 Å². The first kappa shape index (κ1) is 21.9. The fraction of sp³-hybridized carbons (Fsp3) is 0.227. The topological polar surface area (TPSA) is 62.5 Å². The second-order valence-electron chi connectivity index (χ2n) is 6.87. The lowest BCUT2D eigenvalue weighted by Gasteiger charge is -2.19. The predicted molar refractivity (Wildman–Crippen MR) is 111 cm³/mol. The number of nitrogens with zero attached hydrogens (tertiary/aromatic N) is 1. The third-order valence-corrected chi connectivity index (χ3v) is 5.19. The number of aliphatic hydroxyl groups excluding tert-OH is 1. The van der Waals surface area contributed by atoms with Crippen molar-refractivity contribution in [1.82, 2.24) is 4.57 Å². The summed E-state index contributed by atoms with van der Waals surface area (Å²) in [5.74, 6) is -0.203. The van der Waals surface area contributed by atoms with Gasteiger partial charge < -0.3 is 14.8 Å². The van der Waals surface area contributed by atoms with Gasteiger partial charge in [0.15, 0.2) is 0 Å². The first-order chi connectivity index (χ1) is 14.1. The van der Waals surface area contributed by atoms with E-state index in [0.29, 0.717) is 5.56 Å². The molecule has 0 fully saturated rings. The summed E-state index contributed by atoms with van der Waals surface area (Å²) in [5.41, 5.74) is -0.344. The Hall–Kier alpha value is -2.77. The van der Waals surface area contributed by atoms with E-state index in [2.05, 4.69) is 6.58 Å². The number of aliphatic hydroxyl groups is 1. The highest BCUT2D eigenvalue weighted by atomic mass is 35.5. The van der Waals surface area contributed by atoms with E-state index in [1.54, 1.807) is 6.08 Å². The first-order valence-corrected chi connectivity index (χ1v) is 9.44. The Balaban J connectivity index is 2.54. The molecule has 1 heterocycles. The summed E-state index contributed by atoms with van der Waals surface area (Å²) in [4.78, 5) is 13.0. The van der Waals surface area contributed by atoms with Crippen LogP contribution in [0, 0.1) is 0 Å². The number of phenolic OH excluding ortho intramolecular Hbond substituents is 1. The van der Waals surface area contributed by atoms with E-state index in [4.69, 9.17) is 11.6 Å². The summed E-state index contributed by atoms with van der Waals surface area (Å²) in [6, 6.07) is 5.99. The zero-order chi connectivity index (χ0) is 22.2. The third-order valence-electron chi connectivity index (χ3n) is 4.97. The molecule has 0 saturated heterocycles. The number of pyridine rings is 1. The highest BCUT2D eigenvalue weighted by molar-refractivity contribution is 6.31. The van der Waals surface area contributed by atoms with Gasteiger partial charge in [-0.25, -0.2) is 0 Å². The Bertz CT molecular complexity index is 1200. The summed E-state index contributed by atoms with van der Waals surface area (Å²) in [5, 5.41) is 20.7. The molecule has 30 heavy (non-hydrogen) atoms. The number of benzene rings is 2. The van der Waals surface area contributed by atoms with Crippen molar-refractivity contribution in [2.24, 2.45) is 7.05 Å². The number of aromatic nitrogens is 1. The summed E-state index contributed by atoms with van der Waals surface area (Å²) < 4.78 is 41.4. The second-order valence-corrected chi connectivity index (χ2v) is 7.31. The van der Waals surface area contributed by atoms with E-state index in [1.807, 2.05) is 0 Å². The third kappa shape index (κ3) is 3.82. The molecule has 4 nitrogen and oxygen atoms in total. The molecule has 0 unspecified atom stereocenters. The van der Waals surface area contributed by atoms with Crippen molar-refractivity contribution < 1.29 is 23.4 Å². The molecule has 3 rings (SSSR count). The Kier molecular flexibility index (Phi) is 5.97. The molecule has 158 valence electrons. The average Bonchev–Trinajstić information content (AvgIpc) is 2.68. The number of phenols is 1. The number of aryl methyl sites for hydroxylation is 1. The average molecular weight is 438 g/mol. The quantitative estimate of drug-likeness (QED) is 0.561. The Morgan fingerprint density at radius 3 is 2.53 bits per heavy atom. The van der Waals surface area contributed by atoms with Crippen LogP contribution in [0.4, 0.5) is 13.2 Å². The molecule has 3 aromatic rings. The lowest BCUT2D eigenvalue weighted by Crippen LogP contribution is -2.24. The van der Waals surface area contributed by atoms with E-state index in [0.717, 1.165) is 12.1 Å². The first-order valence-electron chi connectivity index (χ1n) is 9.06. The van der Waals surface area contributed by atoms with Crippen molar-refractivity contribution in [2.75, 3.05) is 6.61 Å². The molecule has 0 amide bonds. The maximum atomic E-state index is 13.4. The van der Waals surface area contributed by atoms with Gasteiger partial charge in [0.1, 0.15) is 5.75 Å². The predicted octanol–water partition coefficient (Wildman–Crippen LogP) is 4.85. The van der Waals surface area contributed by atoms with Gasteiger partial charge in [-0.2, -0.15) is 13.2 Å². The van der Waals surface area contributed by atoms with Crippen LogP contribution >= 0.6 is 11.6 Å². The van der Waals surface area contributed by atoms with Gasteiger partial charge in [-0.3, -0.25) is 4.79 Å². The number of hydrogen-bond acceptors (Lipinski definition) is 3. The van der Waals surface area contributed by atoms with Crippen LogP contribution in [-0.2, 0) is 26.1 Å². The summed E-state index contributed by atoms with van der Waals surface area (Å²) in [7, 11) is 1.45. The minimum absolute atomic E-state index is 0.0916. The summed E-state index contributed by atoms with van der Waals surface area (Å²) in [6.45, 7) is 3.23. The van der Waals surface area contributed by atoms with Crippen molar-refractivity contribution in [3.63, 3.8) is 0 Å². The van der Waals surface area contributed by atoms with Crippen LogP contribution in [-0.4, -0.2) is 21.4 Å². The zero-order valence-corrected chi connectivity index (χ0v) is 16.8. The number of halogens is 4. The molecule has 1 aromatic heterocycles. The number of rotatable bonds is 5. The van der Waals surface area contributed by atoms with Crippen LogP contribution in [0.2, 0.25) is 5.02 Å². The van der Waals surface area contributed by atoms with E-state index in [1.165, 1.54) is 29.8 Å². The Morgan fingerprint density at radius 1 is 1.23 bits per heavy atom. The molecule has 0 atom stereocenters. The van der Waals surface area contributed by atoms with Crippen molar-refractivity contribution >= 4 is 22.5 Å². The molecule has 2 aromatic carbocycles. The standard InChI is InChI=1S/C22H19ClF3NO3/c1-3-4-12-9-14(23)11-17(20(12)29)19-15(7-8-28)21(30)27(2)18-6-5-13(10-16(18)19)22(24,25)26/h3,5-6,9-11,28-29H,1,4,7-8H2,2H3. The van der Waals surface area contributed by atoms with Gasteiger partial charge in [-0.05, 0) is 42.3 Å². The zero-order valence-electron chi connectivity index (χ0n) is 16.1. The van der Waals surface area contributed by atoms with Crippen LogP contribution in [0.5, 0.6) is 5.75 Å². The normalized spacial score (nSPS) is 11.8. The van der Waals surface area contributed by atoms with E-state index in [9.17, 15) is 28.2 Å². The van der Waals surface area contributed by atoms with E-state index < -0.39 is 23.9 Å². The van der Waals surface area contributed by atoms with Gasteiger partial charge in [0, 0.05) is 47.2 Å². The Labute approximate surface area is 175 Å². The minimum atomic E-state index is -4.60. The monoisotopic (exact) mass is 437 g/mol. The highest BCUT2D eigenvalue weighted by Gasteiger charge is 2.31. The summed E-state index contributed by atoms with van der Waals surface area (Å²) >= 11 is 6.20. The molecular weight excluding hydrogens is 419 g/mol. The second kappa shape index (κ2) is 8.16. The van der Waals surface area contributed by atoms with Gasteiger partial charge in [-0.15, -0.1) is 6.58 Å². The van der Waals surface area contributed by atoms with Crippen LogP contribution < -0.4 is 5.56 Å². The van der Waals surface area contributed by atoms with Gasteiger partial charge >= 0.3 is 6.18 Å². The number of aromatic hydroxyl groups is 1. The largest absolute Gasteiger partial charge is 0.507 e. The lowest BCUT2D eigenvalue weighted by molar-refractivity contribution is -0.137. The van der Waals surface area contributed by atoms with Crippen molar-refractivity contribution in [1.29, 1.82) is 0 Å². The molecular formula is C22H19ClF3NO3. The minimum Gasteiger partial charge on any atom is -0.507 e. The number of alkyl halides is 3. The molecule has 0 bridgehead atoms. The molecule has 0 aliphatic heterocycles. The number of allylic oxidation sites excluding steroid dienone is 1. The molecule has 0 radical (unpaired) electrons. The molecule has 0 spiro atoms. The Morgan fingerprint density at radius 2 is 1.93 bits per heavy atom. The summed E-state index contributed by atoms with van der Waals surface area (Å²) in [6.07, 6.45) is -2.88. The molecule has 2 N–H and O–H groups in total. The number of hydrogen-bond donors (Lipinski definition) is 2. The van der Waals surface area contributed by atoms with Crippen LogP contribution in [0.3, 0.4) is 0 Å². The maximum Gasteiger partial charge on any atom is 0.416 e. The molecule has 0 aliphatic rings. The fourth-order valence-electron chi connectivity index (χ4n) is 3.60. The van der Waals surface area contributed by atoms with Gasteiger partial charge in [0.05, 0.1) is 11.1 Å². The molecule has 0 aliphatic carbocycles. The van der Waals surface area contributed by atoms with E-state index >= 15 is 0 Å². The van der Waals surface area contributed by atoms with Crippen LogP contribution in [0.15, 0.2) is 47.8 Å². The van der Waals surface area contributed by atoms with Crippen molar-refractivity contribution in [2.45, 2.75) is 19.0 Å². The maximum absolute atomic E-state index is 13.4. The number of fused-ring (bicyclic) bond motifs is 1. The van der Waals surface area contributed by atoms with Gasteiger partial charge in [-0.1, -0.05) is 17.7 Å². The van der Waals surface area contributed by atoms with Crippen LogP contribution in [0.1, 0.15) is 16.7 Å². The van der Waals surface area contributed by atoms with Crippen molar-refractivity contribution in [3.05, 3.63) is 75.1 Å². The SMILES string of the molecule is C=CCc1cc(Cl)cc(-c2c(CCO)c(=O)n(C)c3ccc(C(F)(F)F)cc23)c1O. The highest BCUT2D eigenvalue weighted by Crippen LogP contribution is 2.41. The van der Waals surface area contributed by atoms with Crippen molar-refractivity contribution in [3.8, 4) is 16.9 Å². The molecule has 8 heteroatoms. The fourth-order valence-corrected chi connectivity index (χ4v) is 3.84. The molecule has 0 saturated carbocycles. The van der Waals surface area contributed by atoms with Crippen LogP contribution in [0.25, 0.3) is 22.0 Å². The smallest absolute Gasteiger partial charge is 0.416 e. The van der Waals surface area contributed by atoms with Gasteiger partial charge in [0.2, 0.25) is 0 Å². The lowest BCUT2D eigenvalue weighted by atomic mass is 9.91.